The molecule has 1 saturated heterocycles. The van der Waals surface area contributed by atoms with E-state index in [1.54, 1.807) is 48.2 Å². The van der Waals surface area contributed by atoms with Crippen molar-refractivity contribution in [3.05, 3.63) is 57.0 Å². The fourth-order valence-electron chi connectivity index (χ4n) is 4.56. The number of carbonyl (C=O) groups is 2. The third kappa shape index (κ3) is 5.75. The number of methoxy groups -OCH3 is 2. The lowest BCUT2D eigenvalue weighted by Gasteiger charge is -2.35. The molecular formula is C29H36N4O5. The number of aryl methyl sites for hydroxylation is 1. The van der Waals surface area contributed by atoms with E-state index in [-0.39, 0.29) is 28.4 Å². The monoisotopic (exact) mass is 520 g/mol. The molecule has 38 heavy (non-hydrogen) atoms. The van der Waals surface area contributed by atoms with Crippen molar-refractivity contribution in [3.8, 4) is 28.7 Å². The van der Waals surface area contributed by atoms with Crippen molar-refractivity contribution in [1.82, 2.24) is 14.4 Å². The van der Waals surface area contributed by atoms with Crippen LogP contribution in [0.4, 0.5) is 0 Å². The summed E-state index contributed by atoms with van der Waals surface area (Å²) in [5.41, 5.74) is 3.12. The number of hydrogen-bond donors (Lipinski definition) is 0. The van der Waals surface area contributed by atoms with Crippen molar-refractivity contribution in [2.45, 2.75) is 34.6 Å². The molecular weight excluding hydrogens is 484 g/mol. The van der Waals surface area contributed by atoms with Crippen molar-refractivity contribution in [2.75, 3.05) is 40.4 Å². The summed E-state index contributed by atoms with van der Waals surface area (Å²) in [7, 11) is 4.69. The van der Waals surface area contributed by atoms with E-state index in [4.69, 9.17) is 9.47 Å². The van der Waals surface area contributed by atoms with Gasteiger partial charge in [0.25, 0.3) is 17.4 Å². The molecule has 2 heterocycles. The van der Waals surface area contributed by atoms with Crippen LogP contribution in [0.2, 0.25) is 0 Å². The number of benzene rings is 1. The summed E-state index contributed by atoms with van der Waals surface area (Å²) in [6.07, 6.45) is 3.44. The van der Waals surface area contributed by atoms with Crippen molar-refractivity contribution in [1.29, 1.82) is 5.26 Å². The Bertz CT molecular complexity index is 1360. The van der Waals surface area contributed by atoms with Crippen LogP contribution in [0.25, 0.3) is 11.1 Å². The van der Waals surface area contributed by atoms with Gasteiger partial charge in [-0.15, -0.1) is 0 Å². The highest BCUT2D eigenvalue weighted by atomic mass is 16.5. The Morgan fingerprint density at radius 3 is 1.97 bits per heavy atom. The number of amides is 2. The smallest absolute Gasteiger partial charge is 0.264 e. The maximum atomic E-state index is 13.6. The average molecular weight is 521 g/mol. The van der Waals surface area contributed by atoms with Crippen molar-refractivity contribution < 1.29 is 19.1 Å². The summed E-state index contributed by atoms with van der Waals surface area (Å²) in [4.78, 5) is 42.1. The van der Waals surface area contributed by atoms with Gasteiger partial charge in [-0.3, -0.25) is 14.4 Å². The van der Waals surface area contributed by atoms with Crippen molar-refractivity contribution in [3.63, 3.8) is 0 Å². The van der Waals surface area contributed by atoms with Crippen LogP contribution >= 0.6 is 0 Å². The van der Waals surface area contributed by atoms with Gasteiger partial charge in [-0.2, -0.15) is 5.26 Å². The molecule has 0 unspecified atom stereocenters. The van der Waals surface area contributed by atoms with E-state index >= 15 is 0 Å². The van der Waals surface area contributed by atoms with E-state index in [0.29, 0.717) is 48.8 Å². The molecule has 0 spiro atoms. The molecule has 0 aliphatic carbocycles. The van der Waals surface area contributed by atoms with Gasteiger partial charge < -0.3 is 23.8 Å². The molecule has 0 radical (unpaired) electrons. The van der Waals surface area contributed by atoms with E-state index in [9.17, 15) is 19.6 Å². The van der Waals surface area contributed by atoms with Gasteiger partial charge in [0, 0.05) is 50.6 Å². The molecule has 1 aliphatic rings. The first-order valence-corrected chi connectivity index (χ1v) is 12.5. The van der Waals surface area contributed by atoms with Gasteiger partial charge in [0.2, 0.25) is 0 Å². The first kappa shape index (κ1) is 28.5. The number of carbonyl (C=O) groups excluding carboxylic acids is 2. The molecule has 9 nitrogen and oxygen atoms in total. The molecule has 202 valence electrons. The lowest BCUT2D eigenvalue weighted by Crippen LogP contribution is -2.51. The number of pyridine rings is 1. The number of piperazine rings is 1. The second-order valence-electron chi connectivity index (χ2n) is 10.6. The number of hydrogen-bond acceptors (Lipinski definition) is 6. The highest BCUT2D eigenvalue weighted by Gasteiger charge is 2.31. The van der Waals surface area contributed by atoms with Gasteiger partial charge >= 0.3 is 0 Å². The topological polar surface area (TPSA) is 105 Å². The Morgan fingerprint density at radius 2 is 1.50 bits per heavy atom. The Labute approximate surface area is 223 Å². The predicted molar refractivity (Wildman–Crippen MR) is 145 cm³/mol. The normalized spacial score (nSPS) is 14.2. The van der Waals surface area contributed by atoms with Gasteiger partial charge in [0.05, 0.1) is 14.2 Å². The standard InChI is InChI=1S/C29H36N4O5/c1-18-19(2)26(34)31(6)17-22(18)20-13-23(37-7)25(24(14-20)38-8)28(36)33-11-9-32(10-12-33)27(35)21(16-30)15-29(3,4)5/h13-15,17H,9-12H2,1-8H3/b21-15+. The number of rotatable bonds is 5. The molecule has 1 aromatic carbocycles. The quantitative estimate of drug-likeness (QED) is 0.442. The van der Waals surface area contributed by atoms with Gasteiger partial charge in [-0.05, 0) is 42.5 Å². The molecule has 3 rings (SSSR count). The first-order chi connectivity index (χ1) is 17.8. The molecule has 0 saturated carbocycles. The summed E-state index contributed by atoms with van der Waals surface area (Å²) in [6, 6.07) is 5.57. The Hall–Kier alpha value is -4.06. The average Bonchev–Trinajstić information content (AvgIpc) is 2.90. The molecule has 1 fully saturated rings. The lowest BCUT2D eigenvalue weighted by molar-refractivity contribution is -0.128. The van der Waals surface area contributed by atoms with Crippen LogP contribution in [-0.4, -0.2) is 66.6 Å². The molecule has 2 aromatic rings. The summed E-state index contributed by atoms with van der Waals surface area (Å²) >= 11 is 0. The zero-order valence-electron chi connectivity index (χ0n) is 23.5. The fourth-order valence-corrected chi connectivity index (χ4v) is 4.56. The second kappa shape index (κ2) is 11.1. The first-order valence-electron chi connectivity index (χ1n) is 12.5. The van der Waals surface area contributed by atoms with Crippen LogP contribution in [0.1, 0.15) is 42.3 Å². The fraction of sp³-hybridized carbons (Fsp3) is 0.448. The van der Waals surface area contributed by atoms with E-state index in [1.807, 2.05) is 33.8 Å². The van der Waals surface area contributed by atoms with Gasteiger partial charge in [-0.25, -0.2) is 0 Å². The number of nitriles is 1. The Morgan fingerprint density at radius 1 is 0.974 bits per heavy atom. The summed E-state index contributed by atoms with van der Waals surface area (Å²) in [5, 5.41) is 9.49. The minimum atomic E-state index is -0.322. The van der Waals surface area contributed by atoms with Gasteiger partial charge in [0.1, 0.15) is 28.7 Å². The lowest BCUT2D eigenvalue weighted by atomic mass is 9.93. The molecule has 1 aromatic heterocycles. The molecule has 0 N–H and O–H groups in total. The molecule has 2 amide bonds. The number of allylic oxidation sites excluding steroid dienone is 1. The maximum Gasteiger partial charge on any atom is 0.264 e. The van der Waals surface area contributed by atoms with Crippen molar-refractivity contribution in [2.24, 2.45) is 12.5 Å². The zero-order chi connectivity index (χ0) is 28.4. The predicted octanol–water partition coefficient (Wildman–Crippen LogP) is 3.47. The number of aromatic nitrogens is 1. The van der Waals surface area contributed by atoms with E-state index in [0.717, 1.165) is 16.7 Å². The third-order valence-corrected chi connectivity index (χ3v) is 6.74. The van der Waals surface area contributed by atoms with Gasteiger partial charge in [-0.1, -0.05) is 26.8 Å². The third-order valence-electron chi connectivity index (χ3n) is 6.74. The zero-order valence-corrected chi connectivity index (χ0v) is 23.5. The van der Waals surface area contributed by atoms with Crippen LogP contribution in [0.3, 0.4) is 0 Å². The number of nitrogens with zero attached hydrogens (tertiary/aromatic N) is 4. The Kier molecular flexibility index (Phi) is 8.35. The highest BCUT2D eigenvalue weighted by Crippen LogP contribution is 2.37. The summed E-state index contributed by atoms with van der Waals surface area (Å²) in [6.45, 7) is 10.7. The van der Waals surface area contributed by atoms with E-state index in [1.165, 1.54) is 18.8 Å². The Balaban J connectivity index is 1.90. The molecule has 0 bridgehead atoms. The van der Waals surface area contributed by atoms with Gasteiger partial charge in [0.15, 0.2) is 0 Å². The highest BCUT2D eigenvalue weighted by molar-refractivity contribution is 6.01. The SMILES string of the molecule is COc1cc(-c2cn(C)c(=O)c(C)c2C)cc(OC)c1C(=O)N1CCN(C(=O)/C(C#N)=C/C(C)(C)C)CC1. The maximum absolute atomic E-state index is 13.6. The van der Waals surface area contributed by atoms with Crippen molar-refractivity contribution >= 4 is 11.8 Å². The second-order valence-corrected chi connectivity index (χ2v) is 10.6. The van der Waals surface area contributed by atoms with E-state index < -0.39 is 0 Å². The summed E-state index contributed by atoms with van der Waals surface area (Å²) in [5.74, 6) is 0.121. The van der Waals surface area contributed by atoms with Crippen LogP contribution in [0.15, 0.2) is 34.8 Å². The molecule has 0 atom stereocenters. The van der Waals surface area contributed by atoms with Crippen LogP contribution in [-0.2, 0) is 11.8 Å². The van der Waals surface area contributed by atoms with E-state index in [2.05, 4.69) is 0 Å². The minimum Gasteiger partial charge on any atom is -0.496 e. The van der Waals surface area contributed by atoms with Crippen LogP contribution < -0.4 is 15.0 Å². The minimum absolute atomic E-state index is 0.0645. The largest absolute Gasteiger partial charge is 0.496 e. The number of ether oxygens (including phenoxy) is 2. The van der Waals surface area contributed by atoms with Crippen LogP contribution in [0, 0.1) is 30.6 Å². The molecule has 1 aliphatic heterocycles. The molecule has 9 heteroatoms. The summed E-state index contributed by atoms with van der Waals surface area (Å²) < 4.78 is 12.8. The van der Waals surface area contributed by atoms with Crippen LogP contribution in [0.5, 0.6) is 11.5 Å².